The number of rotatable bonds is 6. The number of carboxylic acids is 1. The van der Waals surface area contributed by atoms with Gasteiger partial charge in [0.25, 0.3) is 0 Å². The molecule has 0 unspecified atom stereocenters. The normalized spacial score (nSPS) is 10.6. The Morgan fingerprint density at radius 3 is 2.63 bits per heavy atom. The highest BCUT2D eigenvalue weighted by Gasteiger charge is 2.15. The first-order valence-electron chi connectivity index (χ1n) is 6.46. The summed E-state index contributed by atoms with van der Waals surface area (Å²) in [6, 6.07) is 9.68. The zero-order chi connectivity index (χ0) is 13.7. The topological polar surface area (TPSA) is 63.3 Å². The van der Waals surface area contributed by atoms with Crippen molar-refractivity contribution in [1.29, 1.82) is 0 Å². The first kappa shape index (κ1) is 13.3. The van der Waals surface area contributed by atoms with E-state index in [0.717, 1.165) is 24.1 Å². The molecule has 1 aromatic carbocycles. The predicted molar refractivity (Wildman–Crippen MR) is 71.9 cm³/mol. The number of hydrogen-bond donors (Lipinski definition) is 1. The number of hydrogen-bond acceptors (Lipinski definition) is 3. The highest BCUT2D eigenvalue weighted by Crippen LogP contribution is 2.26. The number of aryl methyl sites for hydroxylation is 2. The maximum atomic E-state index is 10.7. The van der Waals surface area contributed by atoms with Gasteiger partial charge < -0.3 is 9.52 Å². The van der Waals surface area contributed by atoms with Gasteiger partial charge in [-0.2, -0.15) is 0 Å². The Morgan fingerprint density at radius 1 is 1.26 bits per heavy atom. The number of benzene rings is 1. The van der Waals surface area contributed by atoms with E-state index in [9.17, 15) is 4.79 Å². The van der Waals surface area contributed by atoms with Crippen LogP contribution in [0.4, 0.5) is 0 Å². The lowest BCUT2D eigenvalue weighted by Gasteiger charge is -1.99. The number of carbonyl (C=O) groups is 1. The SMILES string of the molecule is CCCc1nc(CCC(=O)O)c(-c2ccccc2)o1. The number of oxazole rings is 1. The maximum absolute atomic E-state index is 10.7. The van der Waals surface area contributed by atoms with Gasteiger partial charge in [-0.1, -0.05) is 37.3 Å². The van der Waals surface area contributed by atoms with Gasteiger partial charge >= 0.3 is 5.97 Å². The summed E-state index contributed by atoms with van der Waals surface area (Å²) < 4.78 is 5.77. The van der Waals surface area contributed by atoms with Crippen molar-refractivity contribution in [2.45, 2.75) is 32.6 Å². The van der Waals surface area contributed by atoms with Gasteiger partial charge in [0.15, 0.2) is 11.7 Å². The van der Waals surface area contributed by atoms with E-state index in [0.29, 0.717) is 18.1 Å². The summed E-state index contributed by atoms with van der Waals surface area (Å²) in [6.45, 7) is 2.06. The molecule has 2 rings (SSSR count). The Morgan fingerprint density at radius 2 is 2.00 bits per heavy atom. The molecule has 4 heteroatoms. The average molecular weight is 259 g/mol. The van der Waals surface area contributed by atoms with Crippen molar-refractivity contribution in [3.8, 4) is 11.3 Å². The third-order valence-corrected chi connectivity index (χ3v) is 2.82. The highest BCUT2D eigenvalue weighted by molar-refractivity contribution is 5.68. The van der Waals surface area contributed by atoms with Crippen molar-refractivity contribution >= 4 is 5.97 Å². The quantitative estimate of drug-likeness (QED) is 0.864. The second-order valence-corrected chi connectivity index (χ2v) is 4.39. The monoisotopic (exact) mass is 259 g/mol. The summed E-state index contributed by atoms with van der Waals surface area (Å²) in [7, 11) is 0. The fourth-order valence-corrected chi connectivity index (χ4v) is 1.93. The van der Waals surface area contributed by atoms with E-state index in [1.807, 2.05) is 30.3 Å². The van der Waals surface area contributed by atoms with E-state index in [1.165, 1.54) is 0 Å². The molecule has 2 aromatic rings. The van der Waals surface area contributed by atoms with Crippen LogP contribution in [0.3, 0.4) is 0 Å². The molecule has 0 bridgehead atoms. The lowest BCUT2D eigenvalue weighted by Crippen LogP contribution is -1.99. The Balaban J connectivity index is 2.31. The minimum atomic E-state index is -0.820. The molecule has 1 N–H and O–H groups in total. The number of aliphatic carboxylic acids is 1. The van der Waals surface area contributed by atoms with E-state index >= 15 is 0 Å². The number of nitrogens with zero attached hydrogens (tertiary/aromatic N) is 1. The molecule has 0 saturated heterocycles. The summed E-state index contributed by atoms with van der Waals surface area (Å²) in [4.78, 5) is 15.1. The highest BCUT2D eigenvalue weighted by atomic mass is 16.4. The van der Waals surface area contributed by atoms with Crippen molar-refractivity contribution in [1.82, 2.24) is 4.98 Å². The van der Waals surface area contributed by atoms with Gasteiger partial charge in [0.1, 0.15) is 0 Å². The second-order valence-electron chi connectivity index (χ2n) is 4.39. The predicted octanol–water partition coefficient (Wildman–Crippen LogP) is 3.31. The molecular formula is C15H17NO3. The van der Waals surface area contributed by atoms with Crippen LogP contribution in [-0.4, -0.2) is 16.1 Å². The molecule has 19 heavy (non-hydrogen) atoms. The van der Waals surface area contributed by atoms with E-state index in [2.05, 4.69) is 11.9 Å². The van der Waals surface area contributed by atoms with Crippen LogP contribution in [-0.2, 0) is 17.6 Å². The minimum absolute atomic E-state index is 0.0674. The first-order chi connectivity index (χ1) is 9.20. The van der Waals surface area contributed by atoms with Gasteiger partial charge in [-0.05, 0) is 6.42 Å². The van der Waals surface area contributed by atoms with Crippen LogP contribution in [0.1, 0.15) is 31.4 Å². The Kier molecular flexibility index (Phi) is 4.34. The number of aromatic nitrogens is 1. The Labute approximate surface area is 112 Å². The van der Waals surface area contributed by atoms with Crippen LogP contribution in [0.5, 0.6) is 0 Å². The van der Waals surface area contributed by atoms with Crippen LogP contribution >= 0.6 is 0 Å². The lowest BCUT2D eigenvalue weighted by molar-refractivity contribution is -0.136. The van der Waals surface area contributed by atoms with Gasteiger partial charge in [-0.3, -0.25) is 4.79 Å². The van der Waals surface area contributed by atoms with Gasteiger partial charge in [0.05, 0.1) is 12.1 Å². The average Bonchev–Trinajstić information content (AvgIpc) is 2.81. The Hall–Kier alpha value is -2.10. The van der Waals surface area contributed by atoms with E-state index in [4.69, 9.17) is 9.52 Å². The third kappa shape index (κ3) is 3.44. The molecule has 1 heterocycles. The van der Waals surface area contributed by atoms with Crippen LogP contribution in [0.25, 0.3) is 11.3 Å². The molecule has 0 aliphatic rings. The van der Waals surface area contributed by atoms with Crippen LogP contribution < -0.4 is 0 Å². The summed E-state index contributed by atoms with van der Waals surface area (Å²) >= 11 is 0. The van der Waals surface area contributed by atoms with Gasteiger partial charge in [-0.15, -0.1) is 0 Å². The number of carboxylic acid groups (broad SMARTS) is 1. The standard InChI is InChI=1S/C15H17NO3/c1-2-6-13-16-12(9-10-14(17)18)15(19-13)11-7-4-3-5-8-11/h3-5,7-8H,2,6,9-10H2,1H3,(H,17,18). The summed E-state index contributed by atoms with van der Waals surface area (Å²) in [5.41, 5.74) is 1.68. The molecule has 1 aromatic heterocycles. The van der Waals surface area contributed by atoms with Crippen LogP contribution in [0.15, 0.2) is 34.7 Å². The zero-order valence-corrected chi connectivity index (χ0v) is 10.9. The van der Waals surface area contributed by atoms with E-state index in [1.54, 1.807) is 0 Å². The van der Waals surface area contributed by atoms with Gasteiger partial charge in [0, 0.05) is 18.4 Å². The van der Waals surface area contributed by atoms with Crippen molar-refractivity contribution in [2.75, 3.05) is 0 Å². The largest absolute Gasteiger partial charge is 0.481 e. The zero-order valence-electron chi connectivity index (χ0n) is 10.9. The fourth-order valence-electron chi connectivity index (χ4n) is 1.93. The Bertz CT molecular complexity index is 546. The summed E-state index contributed by atoms with van der Waals surface area (Å²) in [6.07, 6.45) is 2.19. The summed E-state index contributed by atoms with van der Waals surface area (Å²) in [5, 5.41) is 8.79. The van der Waals surface area contributed by atoms with E-state index in [-0.39, 0.29) is 6.42 Å². The van der Waals surface area contributed by atoms with Gasteiger partial charge in [-0.25, -0.2) is 4.98 Å². The lowest BCUT2D eigenvalue weighted by atomic mass is 10.1. The van der Waals surface area contributed by atoms with Gasteiger partial charge in [0.2, 0.25) is 0 Å². The minimum Gasteiger partial charge on any atom is -0.481 e. The molecule has 0 atom stereocenters. The summed E-state index contributed by atoms with van der Waals surface area (Å²) in [5.74, 6) is 0.561. The smallest absolute Gasteiger partial charge is 0.303 e. The molecule has 0 spiro atoms. The fraction of sp³-hybridized carbons (Fsp3) is 0.333. The van der Waals surface area contributed by atoms with Crippen molar-refractivity contribution in [3.05, 3.63) is 41.9 Å². The second kappa shape index (κ2) is 6.18. The third-order valence-electron chi connectivity index (χ3n) is 2.82. The molecule has 100 valence electrons. The van der Waals surface area contributed by atoms with Crippen molar-refractivity contribution in [2.24, 2.45) is 0 Å². The maximum Gasteiger partial charge on any atom is 0.303 e. The molecule has 0 aliphatic heterocycles. The molecule has 0 aliphatic carbocycles. The molecule has 4 nitrogen and oxygen atoms in total. The van der Waals surface area contributed by atoms with Crippen molar-refractivity contribution < 1.29 is 14.3 Å². The molecular weight excluding hydrogens is 242 g/mol. The van der Waals surface area contributed by atoms with E-state index < -0.39 is 5.97 Å². The van der Waals surface area contributed by atoms with Crippen LogP contribution in [0, 0.1) is 0 Å². The molecule has 0 saturated carbocycles. The van der Waals surface area contributed by atoms with Crippen molar-refractivity contribution in [3.63, 3.8) is 0 Å². The first-order valence-corrected chi connectivity index (χ1v) is 6.46. The molecule has 0 amide bonds. The molecule has 0 fully saturated rings. The molecule has 0 radical (unpaired) electrons. The van der Waals surface area contributed by atoms with Crippen LogP contribution in [0.2, 0.25) is 0 Å².